The van der Waals surface area contributed by atoms with Crippen molar-refractivity contribution in [2.24, 2.45) is 0 Å². The second-order valence-electron chi connectivity index (χ2n) is 3.71. The largest absolute Gasteiger partial charge is 0.378 e. The van der Waals surface area contributed by atoms with E-state index in [1.165, 1.54) is 0 Å². The van der Waals surface area contributed by atoms with Crippen molar-refractivity contribution in [2.45, 2.75) is 20.4 Å². The minimum atomic E-state index is -0.373. The lowest BCUT2D eigenvalue weighted by molar-refractivity contribution is -0.380. The molecule has 2 heterocycles. The van der Waals surface area contributed by atoms with E-state index < -0.39 is 0 Å². The summed E-state index contributed by atoms with van der Waals surface area (Å²) in [7, 11) is 0. The van der Waals surface area contributed by atoms with Crippen molar-refractivity contribution in [3.8, 4) is 0 Å². The first kappa shape index (κ1) is 11.6. The fourth-order valence-electron chi connectivity index (χ4n) is 1.55. The number of nitro groups is 1. The molecule has 90 valence electrons. The van der Waals surface area contributed by atoms with Crippen LogP contribution in [0.15, 0.2) is 11.4 Å². The van der Waals surface area contributed by atoms with Gasteiger partial charge in [-0.3, -0.25) is 15.2 Å². The zero-order valence-corrected chi connectivity index (χ0v) is 10.3. The van der Waals surface area contributed by atoms with Crippen molar-refractivity contribution in [3.63, 3.8) is 0 Å². The van der Waals surface area contributed by atoms with E-state index >= 15 is 0 Å². The van der Waals surface area contributed by atoms with Gasteiger partial charge in [-0.05, 0) is 19.4 Å². The average molecular weight is 252 g/mol. The molecular weight excluding hydrogens is 240 g/mol. The Hall–Kier alpha value is -1.89. The highest BCUT2D eigenvalue weighted by Gasteiger charge is 2.10. The van der Waals surface area contributed by atoms with E-state index in [1.807, 2.05) is 13.8 Å². The van der Waals surface area contributed by atoms with Crippen molar-refractivity contribution in [1.82, 2.24) is 10.2 Å². The number of nitrogens with zero attached hydrogens (tertiary/aromatic N) is 2. The van der Waals surface area contributed by atoms with Crippen molar-refractivity contribution in [1.29, 1.82) is 0 Å². The highest BCUT2D eigenvalue weighted by Crippen LogP contribution is 2.24. The van der Waals surface area contributed by atoms with Crippen LogP contribution >= 0.6 is 11.3 Å². The molecule has 0 saturated heterocycles. The number of aromatic nitrogens is 2. The normalized spacial score (nSPS) is 10.5. The summed E-state index contributed by atoms with van der Waals surface area (Å²) < 4.78 is 0. The summed E-state index contributed by atoms with van der Waals surface area (Å²) in [6.07, 6.45) is 0. The molecule has 0 aliphatic heterocycles. The second-order valence-corrected chi connectivity index (χ2v) is 4.60. The molecule has 0 radical (unpaired) electrons. The van der Waals surface area contributed by atoms with Gasteiger partial charge < -0.3 is 5.32 Å². The van der Waals surface area contributed by atoms with E-state index in [0.717, 1.165) is 34.0 Å². The SMILES string of the molecule is Cc1n[nH]c(C)c1NCc1csc([N+](=O)[O-])c1. The monoisotopic (exact) mass is 252 g/mol. The number of nitrogens with one attached hydrogen (secondary N) is 2. The molecular formula is C10H12N4O2S. The van der Waals surface area contributed by atoms with Gasteiger partial charge in [-0.25, -0.2) is 0 Å². The fraction of sp³-hybridized carbons (Fsp3) is 0.300. The molecule has 0 fully saturated rings. The Bertz CT molecular complexity index is 527. The first-order valence-electron chi connectivity index (χ1n) is 5.05. The summed E-state index contributed by atoms with van der Waals surface area (Å²) in [5, 5.41) is 22.7. The first-order valence-corrected chi connectivity index (χ1v) is 5.93. The van der Waals surface area contributed by atoms with Crippen LogP contribution < -0.4 is 5.32 Å². The first-order chi connectivity index (χ1) is 8.08. The Morgan fingerprint density at radius 2 is 2.35 bits per heavy atom. The number of hydrogen-bond donors (Lipinski definition) is 2. The van der Waals surface area contributed by atoms with Crippen LogP contribution in [0.2, 0.25) is 0 Å². The van der Waals surface area contributed by atoms with Crippen LogP contribution in [0.25, 0.3) is 0 Å². The maximum absolute atomic E-state index is 10.5. The smallest absolute Gasteiger partial charge is 0.324 e. The van der Waals surface area contributed by atoms with Crippen molar-refractivity contribution < 1.29 is 4.92 Å². The van der Waals surface area contributed by atoms with Gasteiger partial charge in [0.25, 0.3) is 0 Å². The Labute approximate surface area is 102 Å². The molecule has 0 unspecified atom stereocenters. The van der Waals surface area contributed by atoms with Crippen molar-refractivity contribution in [2.75, 3.05) is 5.32 Å². The predicted octanol–water partition coefficient (Wildman–Crippen LogP) is 2.61. The van der Waals surface area contributed by atoms with Gasteiger partial charge in [0.1, 0.15) is 0 Å². The third-order valence-corrected chi connectivity index (χ3v) is 3.35. The summed E-state index contributed by atoms with van der Waals surface area (Å²) in [6, 6.07) is 1.59. The van der Waals surface area contributed by atoms with Crippen LogP contribution in [0.1, 0.15) is 17.0 Å². The van der Waals surface area contributed by atoms with E-state index in [4.69, 9.17) is 0 Å². The average Bonchev–Trinajstić information content (AvgIpc) is 2.85. The molecule has 0 spiro atoms. The van der Waals surface area contributed by atoms with E-state index in [2.05, 4.69) is 15.5 Å². The highest BCUT2D eigenvalue weighted by atomic mass is 32.1. The second kappa shape index (κ2) is 4.54. The Morgan fingerprint density at radius 1 is 1.59 bits per heavy atom. The Balaban J connectivity index is 2.05. The standard InChI is InChI=1S/C10H12N4O2S/c1-6-10(7(2)13-12-6)11-4-8-3-9(14(15)16)17-5-8/h3,5,11H,4H2,1-2H3,(H,12,13). The summed E-state index contributed by atoms with van der Waals surface area (Å²) in [5.41, 5.74) is 3.72. The number of H-pyrrole nitrogens is 1. The minimum absolute atomic E-state index is 0.169. The number of hydrogen-bond acceptors (Lipinski definition) is 5. The Morgan fingerprint density at radius 3 is 2.88 bits per heavy atom. The highest BCUT2D eigenvalue weighted by molar-refractivity contribution is 7.13. The van der Waals surface area contributed by atoms with Crippen LogP contribution in [0, 0.1) is 24.0 Å². The third-order valence-electron chi connectivity index (χ3n) is 2.42. The zero-order valence-electron chi connectivity index (χ0n) is 9.48. The van der Waals surface area contributed by atoms with Gasteiger partial charge in [-0.15, -0.1) is 0 Å². The number of rotatable bonds is 4. The number of anilines is 1. The van der Waals surface area contributed by atoms with Gasteiger partial charge >= 0.3 is 5.00 Å². The maximum atomic E-state index is 10.5. The van der Waals surface area contributed by atoms with Gasteiger partial charge in [-0.1, -0.05) is 11.3 Å². The number of thiophene rings is 1. The molecule has 0 aromatic carbocycles. The van der Waals surface area contributed by atoms with Crippen LogP contribution in [0.4, 0.5) is 10.7 Å². The van der Waals surface area contributed by atoms with Crippen LogP contribution in [-0.4, -0.2) is 15.1 Å². The lowest BCUT2D eigenvalue weighted by atomic mass is 10.3. The number of aromatic amines is 1. The summed E-state index contributed by atoms with van der Waals surface area (Å²) >= 11 is 1.14. The van der Waals surface area contributed by atoms with Crippen molar-refractivity contribution >= 4 is 22.0 Å². The third kappa shape index (κ3) is 2.44. The molecule has 0 amide bonds. The van der Waals surface area contributed by atoms with Crippen LogP contribution in [0.5, 0.6) is 0 Å². The van der Waals surface area contributed by atoms with Gasteiger partial charge in [-0.2, -0.15) is 5.10 Å². The quantitative estimate of drug-likeness (QED) is 0.647. The van der Waals surface area contributed by atoms with Gasteiger partial charge in [0.2, 0.25) is 0 Å². The van der Waals surface area contributed by atoms with Gasteiger partial charge in [0.05, 0.1) is 22.0 Å². The molecule has 2 N–H and O–H groups in total. The van der Waals surface area contributed by atoms with Gasteiger partial charge in [0.15, 0.2) is 0 Å². The van der Waals surface area contributed by atoms with Crippen molar-refractivity contribution in [3.05, 3.63) is 38.5 Å². The summed E-state index contributed by atoms with van der Waals surface area (Å²) in [6.45, 7) is 4.39. The van der Waals surface area contributed by atoms with E-state index in [-0.39, 0.29) is 9.92 Å². The molecule has 0 saturated carbocycles. The lowest BCUT2D eigenvalue weighted by Gasteiger charge is -2.03. The molecule has 0 aliphatic carbocycles. The lowest BCUT2D eigenvalue weighted by Crippen LogP contribution is -1.99. The summed E-state index contributed by atoms with van der Waals surface area (Å²) in [5.74, 6) is 0. The molecule has 2 aromatic rings. The van der Waals surface area contributed by atoms with E-state index in [1.54, 1.807) is 11.4 Å². The molecule has 0 bridgehead atoms. The molecule has 2 rings (SSSR count). The molecule has 17 heavy (non-hydrogen) atoms. The van der Waals surface area contributed by atoms with E-state index in [0.29, 0.717) is 6.54 Å². The molecule has 0 atom stereocenters. The topological polar surface area (TPSA) is 83.8 Å². The van der Waals surface area contributed by atoms with Crippen LogP contribution in [0.3, 0.4) is 0 Å². The van der Waals surface area contributed by atoms with Gasteiger partial charge in [0, 0.05) is 18.0 Å². The molecule has 7 heteroatoms. The molecule has 6 nitrogen and oxygen atoms in total. The minimum Gasteiger partial charge on any atom is -0.378 e. The van der Waals surface area contributed by atoms with Crippen LogP contribution in [-0.2, 0) is 6.54 Å². The predicted molar refractivity (Wildman–Crippen MR) is 66.4 cm³/mol. The van der Waals surface area contributed by atoms with E-state index in [9.17, 15) is 10.1 Å². The zero-order chi connectivity index (χ0) is 12.4. The molecule has 0 aliphatic rings. The molecule has 2 aromatic heterocycles. The maximum Gasteiger partial charge on any atom is 0.324 e. The Kier molecular flexibility index (Phi) is 3.10. The summed E-state index contributed by atoms with van der Waals surface area (Å²) in [4.78, 5) is 10.2. The number of aryl methyl sites for hydroxylation is 2. The fourth-order valence-corrected chi connectivity index (χ4v) is 2.28.